The van der Waals surface area contributed by atoms with E-state index in [9.17, 15) is 5.11 Å². The number of nitrogens with one attached hydrogen (secondary N) is 1. The maximum atomic E-state index is 10.2. The Morgan fingerprint density at radius 1 is 1.26 bits per heavy atom. The number of benzene rings is 1. The fraction of sp³-hybridized carbons (Fsp3) is 0.353. The monoisotopic (exact) mass is 309 g/mol. The Balaban J connectivity index is 1.67. The van der Waals surface area contributed by atoms with E-state index in [1.807, 2.05) is 30.5 Å². The summed E-state index contributed by atoms with van der Waals surface area (Å²) in [6.07, 6.45) is 6.57. The van der Waals surface area contributed by atoms with Gasteiger partial charge in [0, 0.05) is 18.1 Å². The van der Waals surface area contributed by atoms with Crippen LogP contribution in [0.25, 0.3) is 16.5 Å². The summed E-state index contributed by atoms with van der Waals surface area (Å²) in [5.74, 6) is 0.908. The number of rotatable bonds is 4. The lowest BCUT2D eigenvalue weighted by Crippen LogP contribution is -2.43. The van der Waals surface area contributed by atoms with Gasteiger partial charge in [-0.25, -0.2) is 4.98 Å². The Morgan fingerprint density at radius 3 is 2.83 bits per heavy atom. The van der Waals surface area contributed by atoms with Crippen LogP contribution in [0.15, 0.2) is 29.3 Å². The first-order valence-corrected chi connectivity index (χ1v) is 7.86. The van der Waals surface area contributed by atoms with Crippen LogP contribution in [0, 0.1) is 0 Å². The highest BCUT2D eigenvalue weighted by Crippen LogP contribution is 2.32. The van der Waals surface area contributed by atoms with Gasteiger partial charge < -0.3 is 16.2 Å². The fourth-order valence-corrected chi connectivity index (χ4v) is 3.03. The maximum absolute atomic E-state index is 10.2. The van der Waals surface area contributed by atoms with Gasteiger partial charge in [-0.2, -0.15) is 4.98 Å². The number of aliphatic hydroxyl groups is 1. The second kappa shape index (κ2) is 5.31. The number of hydrogen-bond donors (Lipinski definition) is 3. The SMILES string of the molecule is Nc1nc(NCC2(O)CCC2)c2ccc(C3=CC=NC3)cc2n1. The highest BCUT2D eigenvalue weighted by molar-refractivity contribution is 5.95. The van der Waals surface area contributed by atoms with Crippen LogP contribution in [-0.2, 0) is 0 Å². The zero-order valence-electron chi connectivity index (χ0n) is 12.8. The maximum Gasteiger partial charge on any atom is 0.222 e. The van der Waals surface area contributed by atoms with Crippen molar-refractivity contribution < 1.29 is 5.11 Å². The summed E-state index contributed by atoms with van der Waals surface area (Å²) in [5, 5.41) is 14.4. The van der Waals surface area contributed by atoms with Crippen molar-refractivity contribution in [3.63, 3.8) is 0 Å². The Bertz CT molecular complexity index is 823. The summed E-state index contributed by atoms with van der Waals surface area (Å²) in [5.41, 5.74) is 8.30. The Kier molecular flexibility index (Phi) is 3.27. The molecular formula is C17H19N5O. The molecule has 23 heavy (non-hydrogen) atoms. The molecule has 0 bridgehead atoms. The van der Waals surface area contributed by atoms with E-state index in [1.165, 1.54) is 5.57 Å². The van der Waals surface area contributed by atoms with Gasteiger partial charge in [-0.05, 0) is 48.6 Å². The Hall–Kier alpha value is -2.47. The number of nitrogens with two attached hydrogens (primary N) is 1. The van der Waals surface area contributed by atoms with E-state index in [1.54, 1.807) is 0 Å². The molecule has 4 N–H and O–H groups in total. The number of fused-ring (bicyclic) bond motifs is 1. The molecule has 4 rings (SSSR count). The standard InChI is InChI=1S/C17H19N5O/c18-16-21-14-8-11(12-4-7-19-9-12)2-3-13(14)15(22-16)20-10-17(23)5-1-6-17/h2-4,7-8,23H,1,5-6,9-10H2,(H3,18,20,21,22). The summed E-state index contributed by atoms with van der Waals surface area (Å²) in [4.78, 5) is 12.9. The molecule has 1 aliphatic heterocycles. The molecular weight excluding hydrogens is 290 g/mol. The summed E-state index contributed by atoms with van der Waals surface area (Å²) < 4.78 is 0. The van der Waals surface area contributed by atoms with Gasteiger partial charge in [0.2, 0.25) is 5.95 Å². The highest BCUT2D eigenvalue weighted by Gasteiger charge is 2.34. The topological polar surface area (TPSA) is 96.4 Å². The molecule has 0 atom stereocenters. The molecule has 6 heteroatoms. The molecule has 2 heterocycles. The minimum Gasteiger partial charge on any atom is -0.388 e. The van der Waals surface area contributed by atoms with Crippen LogP contribution in [0.2, 0.25) is 0 Å². The number of nitrogen functional groups attached to an aromatic ring is 1. The predicted molar refractivity (Wildman–Crippen MR) is 92.6 cm³/mol. The molecule has 1 aliphatic carbocycles. The first-order chi connectivity index (χ1) is 11.1. The molecule has 1 aromatic carbocycles. The second-order valence-electron chi connectivity index (χ2n) is 6.28. The van der Waals surface area contributed by atoms with Crippen molar-refractivity contribution in [2.45, 2.75) is 24.9 Å². The summed E-state index contributed by atoms with van der Waals surface area (Å²) in [7, 11) is 0. The number of anilines is 2. The lowest BCUT2D eigenvalue weighted by Gasteiger charge is -2.36. The third-order valence-corrected chi connectivity index (χ3v) is 4.60. The van der Waals surface area contributed by atoms with Crippen molar-refractivity contribution in [3.8, 4) is 0 Å². The van der Waals surface area contributed by atoms with Crippen molar-refractivity contribution in [1.82, 2.24) is 9.97 Å². The van der Waals surface area contributed by atoms with Gasteiger partial charge in [0.25, 0.3) is 0 Å². The fourth-order valence-electron chi connectivity index (χ4n) is 3.03. The Labute approximate surface area is 134 Å². The second-order valence-corrected chi connectivity index (χ2v) is 6.28. The van der Waals surface area contributed by atoms with E-state index in [0.29, 0.717) is 18.9 Å². The molecule has 0 amide bonds. The van der Waals surface area contributed by atoms with Crippen LogP contribution < -0.4 is 11.1 Å². The van der Waals surface area contributed by atoms with Gasteiger partial charge in [0.15, 0.2) is 0 Å². The summed E-state index contributed by atoms with van der Waals surface area (Å²) in [6, 6.07) is 6.05. The zero-order chi connectivity index (χ0) is 15.9. The van der Waals surface area contributed by atoms with Crippen molar-refractivity contribution in [2.24, 2.45) is 4.99 Å². The minimum atomic E-state index is -0.613. The zero-order valence-corrected chi connectivity index (χ0v) is 12.8. The van der Waals surface area contributed by atoms with Gasteiger partial charge >= 0.3 is 0 Å². The van der Waals surface area contributed by atoms with Crippen LogP contribution in [0.3, 0.4) is 0 Å². The molecule has 1 saturated carbocycles. The van der Waals surface area contributed by atoms with E-state index in [-0.39, 0.29) is 5.95 Å². The van der Waals surface area contributed by atoms with Gasteiger partial charge in [-0.15, -0.1) is 0 Å². The summed E-state index contributed by atoms with van der Waals surface area (Å²) >= 11 is 0. The van der Waals surface area contributed by atoms with Gasteiger partial charge in [0.05, 0.1) is 17.7 Å². The number of aromatic nitrogens is 2. The van der Waals surface area contributed by atoms with E-state index in [2.05, 4.69) is 20.3 Å². The smallest absolute Gasteiger partial charge is 0.222 e. The molecule has 0 unspecified atom stereocenters. The number of aliphatic imine (C=N–C) groups is 1. The van der Waals surface area contributed by atoms with Gasteiger partial charge in [-0.3, -0.25) is 4.99 Å². The lowest BCUT2D eigenvalue weighted by molar-refractivity contribution is -0.0202. The predicted octanol–water partition coefficient (Wildman–Crippen LogP) is 2.01. The van der Waals surface area contributed by atoms with E-state index in [4.69, 9.17) is 5.73 Å². The number of nitrogens with zero attached hydrogens (tertiary/aromatic N) is 3. The van der Waals surface area contributed by atoms with E-state index < -0.39 is 5.60 Å². The number of allylic oxidation sites excluding steroid dienone is 1. The molecule has 1 aromatic heterocycles. The normalized spacial score (nSPS) is 18.7. The van der Waals surface area contributed by atoms with Crippen LogP contribution in [0.4, 0.5) is 11.8 Å². The van der Waals surface area contributed by atoms with Crippen LogP contribution >= 0.6 is 0 Å². The number of hydrogen-bond acceptors (Lipinski definition) is 6. The van der Waals surface area contributed by atoms with Crippen LogP contribution in [-0.4, -0.2) is 40.0 Å². The molecule has 118 valence electrons. The lowest BCUT2D eigenvalue weighted by atomic mass is 9.80. The van der Waals surface area contributed by atoms with Crippen LogP contribution in [0.1, 0.15) is 24.8 Å². The third-order valence-electron chi connectivity index (χ3n) is 4.60. The first-order valence-electron chi connectivity index (χ1n) is 7.86. The minimum absolute atomic E-state index is 0.231. The highest BCUT2D eigenvalue weighted by atomic mass is 16.3. The largest absolute Gasteiger partial charge is 0.388 e. The molecule has 2 aliphatic rings. The van der Waals surface area contributed by atoms with Crippen molar-refractivity contribution in [1.29, 1.82) is 0 Å². The molecule has 6 nitrogen and oxygen atoms in total. The van der Waals surface area contributed by atoms with Gasteiger partial charge in [0.1, 0.15) is 5.82 Å². The van der Waals surface area contributed by atoms with Crippen molar-refractivity contribution in [3.05, 3.63) is 29.8 Å². The molecule has 1 fully saturated rings. The quantitative estimate of drug-likeness (QED) is 0.803. The van der Waals surface area contributed by atoms with Crippen molar-refractivity contribution in [2.75, 3.05) is 24.1 Å². The van der Waals surface area contributed by atoms with Crippen molar-refractivity contribution >= 4 is 34.5 Å². The molecule has 0 saturated heterocycles. The Morgan fingerprint density at radius 2 is 2.13 bits per heavy atom. The summed E-state index contributed by atoms with van der Waals surface area (Å²) in [6.45, 7) is 1.18. The molecule has 0 spiro atoms. The average Bonchev–Trinajstić information content (AvgIpc) is 3.04. The molecule has 2 aromatic rings. The molecule has 0 radical (unpaired) electrons. The third kappa shape index (κ3) is 2.66. The van der Waals surface area contributed by atoms with E-state index >= 15 is 0 Å². The van der Waals surface area contributed by atoms with Gasteiger partial charge in [-0.1, -0.05) is 6.07 Å². The average molecular weight is 309 g/mol. The first kappa shape index (κ1) is 14.1. The van der Waals surface area contributed by atoms with Crippen LogP contribution in [0.5, 0.6) is 0 Å². The van der Waals surface area contributed by atoms with E-state index in [0.717, 1.165) is 35.7 Å².